The van der Waals surface area contributed by atoms with Crippen LogP contribution in [0.25, 0.3) is 0 Å². The van der Waals surface area contributed by atoms with Crippen LogP contribution in [0.5, 0.6) is 0 Å². The van der Waals surface area contributed by atoms with Crippen LogP contribution < -0.4 is 27.0 Å². The molecule has 0 radical (unpaired) electrons. The van der Waals surface area contributed by atoms with Gasteiger partial charge in [0.1, 0.15) is 36.8 Å². The molecule has 0 aromatic heterocycles. The molecule has 0 unspecified atom stereocenters. The molecule has 36 heavy (non-hydrogen) atoms. The molecule has 0 fully saturated rings. The predicted octanol–water partition coefficient (Wildman–Crippen LogP) is -3.51. The van der Waals surface area contributed by atoms with Crippen LogP contribution in [-0.4, -0.2) is 98.8 Å². The van der Waals surface area contributed by atoms with Crippen LogP contribution in [0.1, 0.15) is 46.0 Å². The summed E-state index contributed by atoms with van der Waals surface area (Å²) in [6.45, 7) is 1.71. The number of carboxylic acid groups (broad SMARTS) is 3. The number of rotatable bonds is 17. The fourth-order valence-electron chi connectivity index (χ4n) is 2.72. The standard InChI is InChI=1S/C20H33N5O11/c1-9(23-17(31)10(2)26)16(30)25-13(20(35)36)6-7-14(27)24-12(18(32)22-8-15(28)29)5-3-4-11(21)19(33)34/h9-13,26H,3-8,21H2,1-2H3,(H,22,32)(H,23,31)(H,24,27)(H,25,30)(H,28,29)(H,33,34)(H,35,36)/t9-,10+,11+,12-,13+/m0/s1. The highest BCUT2D eigenvalue weighted by atomic mass is 16.4. The Morgan fingerprint density at radius 3 is 1.86 bits per heavy atom. The highest BCUT2D eigenvalue weighted by molar-refractivity contribution is 5.92. The molecular weight excluding hydrogens is 486 g/mol. The van der Waals surface area contributed by atoms with Gasteiger partial charge in [-0.15, -0.1) is 0 Å². The first-order valence-electron chi connectivity index (χ1n) is 10.9. The molecule has 0 aliphatic heterocycles. The SMILES string of the molecule is C[C@H](NC(=O)[C@@H](C)O)C(=O)N[C@H](CCC(=O)N[C@@H](CCC[C@@H](N)C(=O)O)C(=O)NCC(=O)O)C(=O)O. The Morgan fingerprint density at radius 2 is 1.36 bits per heavy atom. The predicted molar refractivity (Wildman–Crippen MR) is 120 cm³/mol. The van der Waals surface area contributed by atoms with Gasteiger partial charge in [0.25, 0.3) is 0 Å². The molecule has 5 atom stereocenters. The van der Waals surface area contributed by atoms with Gasteiger partial charge in [0.05, 0.1) is 0 Å². The van der Waals surface area contributed by atoms with Crippen molar-refractivity contribution in [2.45, 2.75) is 76.2 Å². The lowest BCUT2D eigenvalue weighted by atomic mass is 10.0. The normalized spacial score (nSPS) is 14.8. The number of hydrogen-bond acceptors (Lipinski definition) is 9. The van der Waals surface area contributed by atoms with Crippen molar-refractivity contribution in [3.05, 3.63) is 0 Å². The molecule has 0 aliphatic carbocycles. The molecule has 0 saturated carbocycles. The Hall–Kier alpha value is -3.79. The summed E-state index contributed by atoms with van der Waals surface area (Å²) in [4.78, 5) is 81.2. The van der Waals surface area contributed by atoms with Gasteiger partial charge in [-0.1, -0.05) is 0 Å². The number of aliphatic hydroxyl groups excluding tert-OH is 1. The van der Waals surface area contributed by atoms with E-state index in [9.17, 15) is 43.8 Å². The van der Waals surface area contributed by atoms with Crippen molar-refractivity contribution in [1.29, 1.82) is 0 Å². The summed E-state index contributed by atoms with van der Waals surface area (Å²) in [5, 5.41) is 44.8. The number of aliphatic carboxylic acids is 3. The lowest BCUT2D eigenvalue weighted by molar-refractivity contribution is -0.143. The summed E-state index contributed by atoms with van der Waals surface area (Å²) in [5.74, 6) is -7.42. The number of aliphatic hydroxyl groups is 1. The Bertz CT molecular complexity index is 833. The number of amides is 4. The number of carboxylic acids is 3. The minimum absolute atomic E-state index is 0.0230. The summed E-state index contributed by atoms with van der Waals surface area (Å²) >= 11 is 0. The molecule has 204 valence electrons. The number of nitrogens with one attached hydrogen (secondary N) is 4. The van der Waals surface area contributed by atoms with E-state index < -0.39 is 91.2 Å². The van der Waals surface area contributed by atoms with E-state index >= 15 is 0 Å². The van der Waals surface area contributed by atoms with Gasteiger partial charge in [-0.3, -0.25) is 28.8 Å². The van der Waals surface area contributed by atoms with Crippen molar-refractivity contribution in [3.63, 3.8) is 0 Å². The van der Waals surface area contributed by atoms with Gasteiger partial charge in [0.15, 0.2) is 0 Å². The van der Waals surface area contributed by atoms with Gasteiger partial charge in [-0.05, 0) is 39.5 Å². The first-order chi connectivity index (χ1) is 16.6. The van der Waals surface area contributed by atoms with Crippen LogP contribution in [-0.2, 0) is 33.6 Å². The maximum absolute atomic E-state index is 12.4. The van der Waals surface area contributed by atoms with Crippen molar-refractivity contribution in [2.24, 2.45) is 5.73 Å². The highest BCUT2D eigenvalue weighted by Crippen LogP contribution is 2.06. The van der Waals surface area contributed by atoms with E-state index in [0.29, 0.717) is 0 Å². The number of carbonyl (C=O) groups is 7. The fraction of sp³-hybridized carbons (Fsp3) is 0.650. The van der Waals surface area contributed by atoms with E-state index in [-0.39, 0.29) is 19.3 Å². The second-order valence-corrected chi connectivity index (χ2v) is 7.95. The first kappa shape index (κ1) is 32.2. The molecule has 0 aromatic rings. The van der Waals surface area contributed by atoms with Crippen molar-refractivity contribution >= 4 is 41.5 Å². The minimum atomic E-state index is -1.53. The first-order valence-corrected chi connectivity index (χ1v) is 10.9. The third kappa shape index (κ3) is 13.2. The monoisotopic (exact) mass is 519 g/mol. The van der Waals surface area contributed by atoms with Gasteiger partial charge in [-0.2, -0.15) is 0 Å². The van der Waals surface area contributed by atoms with Crippen LogP contribution >= 0.6 is 0 Å². The average Bonchev–Trinajstić information content (AvgIpc) is 2.78. The van der Waals surface area contributed by atoms with Crippen LogP contribution in [0.3, 0.4) is 0 Å². The lowest BCUT2D eigenvalue weighted by Gasteiger charge is -2.21. The van der Waals surface area contributed by atoms with Crippen molar-refractivity contribution in [1.82, 2.24) is 21.3 Å². The van der Waals surface area contributed by atoms with Gasteiger partial charge in [0, 0.05) is 6.42 Å². The smallest absolute Gasteiger partial charge is 0.326 e. The Balaban J connectivity index is 5.04. The molecule has 16 heteroatoms. The molecule has 4 amide bonds. The molecule has 0 spiro atoms. The summed E-state index contributed by atoms with van der Waals surface area (Å²) in [6.07, 6.45) is -2.23. The van der Waals surface area contributed by atoms with Crippen LogP contribution in [0.4, 0.5) is 0 Å². The molecule has 0 saturated heterocycles. The Kier molecular flexibility index (Phi) is 14.3. The number of nitrogens with two attached hydrogens (primary N) is 1. The molecule has 0 bridgehead atoms. The van der Waals surface area contributed by atoms with E-state index in [1.807, 2.05) is 0 Å². The van der Waals surface area contributed by atoms with Crippen molar-refractivity contribution < 1.29 is 54.0 Å². The Labute approximate surface area is 206 Å². The van der Waals surface area contributed by atoms with Crippen molar-refractivity contribution in [2.75, 3.05) is 6.54 Å². The number of hydrogen-bond donors (Lipinski definition) is 9. The van der Waals surface area contributed by atoms with E-state index in [1.54, 1.807) is 0 Å². The largest absolute Gasteiger partial charge is 0.480 e. The fourth-order valence-corrected chi connectivity index (χ4v) is 2.72. The highest BCUT2D eigenvalue weighted by Gasteiger charge is 2.27. The van der Waals surface area contributed by atoms with Gasteiger partial charge in [0.2, 0.25) is 23.6 Å². The third-order valence-corrected chi connectivity index (χ3v) is 4.80. The van der Waals surface area contributed by atoms with Crippen LogP contribution in [0.2, 0.25) is 0 Å². The average molecular weight is 520 g/mol. The van der Waals surface area contributed by atoms with E-state index in [0.717, 1.165) is 0 Å². The van der Waals surface area contributed by atoms with E-state index in [2.05, 4.69) is 21.3 Å². The maximum atomic E-state index is 12.4. The second-order valence-electron chi connectivity index (χ2n) is 7.95. The summed E-state index contributed by atoms with van der Waals surface area (Å²) in [5.41, 5.74) is 5.40. The molecular formula is C20H33N5O11. The molecule has 0 rings (SSSR count). The second kappa shape index (κ2) is 16.0. The molecule has 0 aromatic carbocycles. The summed E-state index contributed by atoms with van der Waals surface area (Å²) < 4.78 is 0. The third-order valence-electron chi connectivity index (χ3n) is 4.80. The van der Waals surface area contributed by atoms with E-state index in [4.69, 9.17) is 15.9 Å². The summed E-state index contributed by atoms with van der Waals surface area (Å²) in [6, 6.07) is -5.15. The zero-order valence-corrected chi connectivity index (χ0v) is 19.9. The zero-order chi connectivity index (χ0) is 28.0. The van der Waals surface area contributed by atoms with Gasteiger partial charge < -0.3 is 47.4 Å². The van der Waals surface area contributed by atoms with Crippen LogP contribution in [0.15, 0.2) is 0 Å². The van der Waals surface area contributed by atoms with Crippen molar-refractivity contribution in [3.8, 4) is 0 Å². The maximum Gasteiger partial charge on any atom is 0.326 e. The Morgan fingerprint density at radius 1 is 0.750 bits per heavy atom. The minimum Gasteiger partial charge on any atom is -0.480 e. The van der Waals surface area contributed by atoms with Crippen LogP contribution in [0, 0.1) is 0 Å². The molecule has 16 nitrogen and oxygen atoms in total. The molecule has 0 aliphatic rings. The molecule has 10 N–H and O–H groups in total. The zero-order valence-electron chi connectivity index (χ0n) is 19.9. The molecule has 0 heterocycles. The topological polar surface area (TPSA) is 275 Å². The van der Waals surface area contributed by atoms with Gasteiger partial charge in [-0.25, -0.2) is 4.79 Å². The quantitative estimate of drug-likeness (QED) is 0.0905. The van der Waals surface area contributed by atoms with E-state index in [1.165, 1.54) is 13.8 Å². The lowest BCUT2D eigenvalue weighted by Crippen LogP contribution is -2.52. The van der Waals surface area contributed by atoms with Gasteiger partial charge >= 0.3 is 17.9 Å². The number of carbonyl (C=O) groups excluding carboxylic acids is 4. The summed E-state index contributed by atoms with van der Waals surface area (Å²) in [7, 11) is 0.